The summed E-state index contributed by atoms with van der Waals surface area (Å²) >= 11 is 3.33. The third-order valence-electron chi connectivity index (χ3n) is 3.95. The van der Waals surface area contributed by atoms with Gasteiger partial charge in [0, 0.05) is 16.2 Å². The van der Waals surface area contributed by atoms with E-state index in [-0.39, 0.29) is 18.6 Å². The van der Waals surface area contributed by atoms with E-state index >= 15 is 0 Å². The Morgan fingerprint density at radius 3 is 2.37 bits per heavy atom. The number of amides is 3. The maximum absolute atomic E-state index is 11.9. The summed E-state index contributed by atoms with van der Waals surface area (Å²) in [5.41, 5.74) is 3.54. The van der Waals surface area contributed by atoms with Crippen molar-refractivity contribution in [2.24, 2.45) is 5.10 Å². The summed E-state index contributed by atoms with van der Waals surface area (Å²) in [4.78, 5) is 35.2. The van der Waals surface area contributed by atoms with E-state index in [1.165, 1.54) is 6.21 Å². The van der Waals surface area contributed by atoms with Crippen LogP contribution in [0.2, 0.25) is 0 Å². The van der Waals surface area contributed by atoms with Gasteiger partial charge in [-0.05, 0) is 67.4 Å². The van der Waals surface area contributed by atoms with Gasteiger partial charge >= 0.3 is 11.8 Å². The van der Waals surface area contributed by atoms with E-state index in [1.807, 2.05) is 26.0 Å². The molecule has 0 aliphatic heterocycles. The molecule has 30 heavy (non-hydrogen) atoms. The van der Waals surface area contributed by atoms with Gasteiger partial charge < -0.3 is 15.4 Å². The highest BCUT2D eigenvalue weighted by atomic mass is 79.9. The highest BCUT2D eigenvalue weighted by Crippen LogP contribution is 2.14. The monoisotopic (exact) mass is 474 g/mol. The van der Waals surface area contributed by atoms with Gasteiger partial charge in [0.1, 0.15) is 5.75 Å². The molecule has 0 unspecified atom stereocenters. The van der Waals surface area contributed by atoms with Gasteiger partial charge in [0.25, 0.3) is 5.91 Å². The van der Waals surface area contributed by atoms with Crippen LogP contribution in [0.5, 0.6) is 5.75 Å². The number of hydrogen-bond donors (Lipinski definition) is 3. The summed E-state index contributed by atoms with van der Waals surface area (Å²) < 4.78 is 6.38. The fourth-order valence-corrected chi connectivity index (χ4v) is 2.40. The Kier molecular flexibility index (Phi) is 9.02. The summed E-state index contributed by atoms with van der Waals surface area (Å²) in [5.74, 6) is -1.33. The van der Waals surface area contributed by atoms with Crippen LogP contribution < -0.4 is 20.8 Å². The molecule has 9 heteroatoms. The van der Waals surface area contributed by atoms with Gasteiger partial charge in [0.05, 0.1) is 6.21 Å². The lowest BCUT2D eigenvalue weighted by atomic mass is 10.2. The predicted octanol–water partition coefficient (Wildman–Crippen LogP) is 2.83. The predicted molar refractivity (Wildman–Crippen MR) is 118 cm³/mol. The van der Waals surface area contributed by atoms with Crippen molar-refractivity contribution in [1.29, 1.82) is 0 Å². The molecular formula is C21H23BrN4O4. The summed E-state index contributed by atoms with van der Waals surface area (Å²) in [6.07, 6.45) is 2.13. The molecule has 0 saturated carbocycles. The van der Waals surface area contributed by atoms with E-state index < -0.39 is 11.8 Å². The molecule has 0 radical (unpaired) electrons. The van der Waals surface area contributed by atoms with E-state index in [0.29, 0.717) is 17.0 Å². The average molecular weight is 475 g/mol. The van der Waals surface area contributed by atoms with Crippen LogP contribution >= 0.6 is 15.9 Å². The Balaban J connectivity index is 1.76. The van der Waals surface area contributed by atoms with Crippen LogP contribution in [0.3, 0.4) is 0 Å². The topological polar surface area (TPSA) is 109 Å². The molecule has 8 nitrogen and oxygen atoms in total. The number of rotatable bonds is 8. The van der Waals surface area contributed by atoms with Crippen molar-refractivity contribution in [1.82, 2.24) is 10.7 Å². The Morgan fingerprint density at radius 2 is 1.73 bits per heavy atom. The minimum atomic E-state index is -0.830. The molecule has 0 bridgehead atoms. The Morgan fingerprint density at radius 1 is 1.07 bits per heavy atom. The van der Waals surface area contributed by atoms with Gasteiger partial charge in [-0.15, -0.1) is 0 Å². The first-order valence-electron chi connectivity index (χ1n) is 9.29. The smallest absolute Gasteiger partial charge is 0.329 e. The van der Waals surface area contributed by atoms with Crippen LogP contribution in [0.1, 0.15) is 25.8 Å². The first-order valence-corrected chi connectivity index (χ1v) is 10.1. The quantitative estimate of drug-likeness (QED) is 0.310. The molecule has 158 valence electrons. The number of halogens is 1. The van der Waals surface area contributed by atoms with Crippen molar-refractivity contribution in [3.63, 3.8) is 0 Å². The van der Waals surface area contributed by atoms with Crippen LogP contribution in [0.15, 0.2) is 58.1 Å². The third kappa shape index (κ3) is 8.04. The zero-order valence-corrected chi connectivity index (χ0v) is 18.2. The number of benzene rings is 2. The van der Waals surface area contributed by atoms with Crippen LogP contribution in [-0.4, -0.2) is 36.6 Å². The van der Waals surface area contributed by atoms with Crippen LogP contribution in [0.25, 0.3) is 0 Å². The summed E-state index contributed by atoms with van der Waals surface area (Å²) in [7, 11) is 0. The number of hydrazone groups is 1. The van der Waals surface area contributed by atoms with E-state index in [9.17, 15) is 14.4 Å². The fourth-order valence-electron chi connectivity index (χ4n) is 2.14. The first kappa shape index (κ1) is 23.1. The van der Waals surface area contributed by atoms with Crippen LogP contribution in [-0.2, 0) is 14.4 Å². The Bertz CT molecular complexity index is 898. The second-order valence-corrected chi connectivity index (χ2v) is 7.31. The molecule has 1 atom stereocenters. The molecule has 0 aliphatic rings. The summed E-state index contributed by atoms with van der Waals surface area (Å²) in [6.45, 7) is 3.58. The van der Waals surface area contributed by atoms with Gasteiger partial charge in [0.15, 0.2) is 6.61 Å². The highest BCUT2D eigenvalue weighted by Gasteiger charge is 2.14. The van der Waals surface area contributed by atoms with E-state index in [2.05, 4.69) is 37.1 Å². The van der Waals surface area contributed by atoms with Crippen molar-refractivity contribution >= 4 is 45.6 Å². The van der Waals surface area contributed by atoms with Gasteiger partial charge in [-0.1, -0.05) is 22.9 Å². The standard InChI is InChI=1S/C21H23BrN4O4/c1-3-14(2)24-20(28)21(29)26-23-12-15-4-10-18(11-5-15)30-13-19(27)25-17-8-6-16(22)7-9-17/h4-12,14H,3,13H2,1-2H3,(H,24,28)(H,25,27)(H,26,29)/b23-12-/t14-/m0/s1. The molecular weight excluding hydrogens is 452 g/mol. The third-order valence-corrected chi connectivity index (χ3v) is 4.48. The van der Waals surface area contributed by atoms with Crippen molar-refractivity contribution in [3.05, 3.63) is 58.6 Å². The maximum Gasteiger partial charge on any atom is 0.329 e. The lowest BCUT2D eigenvalue weighted by Crippen LogP contribution is -2.41. The van der Waals surface area contributed by atoms with Crippen molar-refractivity contribution < 1.29 is 19.1 Å². The molecule has 2 aromatic carbocycles. The van der Waals surface area contributed by atoms with Crippen LogP contribution in [0, 0.1) is 0 Å². The number of ether oxygens (including phenoxy) is 1. The Hall–Kier alpha value is -3.20. The van der Waals surface area contributed by atoms with E-state index in [0.717, 1.165) is 10.9 Å². The molecule has 0 spiro atoms. The van der Waals surface area contributed by atoms with Gasteiger partial charge in [-0.25, -0.2) is 5.43 Å². The molecule has 0 fully saturated rings. The number of nitrogens with zero attached hydrogens (tertiary/aromatic N) is 1. The average Bonchev–Trinajstić information content (AvgIpc) is 2.74. The number of hydrogen-bond acceptors (Lipinski definition) is 5. The van der Waals surface area contributed by atoms with Crippen LogP contribution in [0.4, 0.5) is 5.69 Å². The normalized spacial score (nSPS) is 11.6. The maximum atomic E-state index is 11.9. The molecule has 2 aromatic rings. The van der Waals surface area contributed by atoms with Crippen molar-refractivity contribution in [2.75, 3.05) is 11.9 Å². The lowest BCUT2D eigenvalue weighted by Gasteiger charge is -2.09. The molecule has 2 rings (SSSR count). The van der Waals surface area contributed by atoms with Crippen molar-refractivity contribution in [2.45, 2.75) is 26.3 Å². The molecule has 0 aromatic heterocycles. The van der Waals surface area contributed by atoms with Gasteiger partial charge in [-0.2, -0.15) is 5.10 Å². The highest BCUT2D eigenvalue weighted by molar-refractivity contribution is 9.10. The summed E-state index contributed by atoms with van der Waals surface area (Å²) in [6, 6.07) is 13.9. The van der Waals surface area contributed by atoms with E-state index in [1.54, 1.807) is 36.4 Å². The van der Waals surface area contributed by atoms with Gasteiger partial charge in [0.2, 0.25) is 0 Å². The minimum Gasteiger partial charge on any atom is -0.484 e. The SMILES string of the molecule is CC[C@H](C)NC(=O)C(=O)N/N=C\c1ccc(OCC(=O)Nc2ccc(Br)cc2)cc1. The second kappa shape index (κ2) is 11.7. The number of nitrogens with one attached hydrogen (secondary N) is 3. The Labute approximate surface area is 183 Å². The fraction of sp³-hybridized carbons (Fsp3) is 0.238. The molecule has 0 aliphatic carbocycles. The molecule has 0 heterocycles. The lowest BCUT2D eigenvalue weighted by molar-refractivity contribution is -0.139. The summed E-state index contributed by atoms with van der Waals surface area (Å²) in [5, 5.41) is 9.04. The molecule has 0 saturated heterocycles. The zero-order chi connectivity index (χ0) is 21.9. The number of carbonyl (C=O) groups is 3. The molecule has 3 amide bonds. The van der Waals surface area contributed by atoms with Gasteiger partial charge in [-0.3, -0.25) is 14.4 Å². The minimum absolute atomic E-state index is 0.0864. The van der Waals surface area contributed by atoms with Crippen molar-refractivity contribution in [3.8, 4) is 5.75 Å². The zero-order valence-electron chi connectivity index (χ0n) is 16.6. The second-order valence-electron chi connectivity index (χ2n) is 6.39. The largest absolute Gasteiger partial charge is 0.484 e. The first-order chi connectivity index (χ1) is 14.4. The van der Waals surface area contributed by atoms with E-state index in [4.69, 9.17) is 4.74 Å². The molecule has 3 N–H and O–H groups in total. The number of anilines is 1. The number of carbonyl (C=O) groups excluding carboxylic acids is 3.